The van der Waals surface area contributed by atoms with Gasteiger partial charge < -0.3 is 29.2 Å². The van der Waals surface area contributed by atoms with Crippen LogP contribution >= 0.6 is 0 Å². The van der Waals surface area contributed by atoms with Gasteiger partial charge in [-0.2, -0.15) is 0 Å². The van der Waals surface area contributed by atoms with Crippen LogP contribution < -0.4 is 19.3 Å². The number of hydrogen-bond acceptors (Lipinski definition) is 7. The van der Waals surface area contributed by atoms with Crippen molar-refractivity contribution in [3.8, 4) is 34.3 Å². The molecule has 244 valence electrons. The summed E-state index contributed by atoms with van der Waals surface area (Å²) in [5.74, 6) is 3.13. The van der Waals surface area contributed by atoms with Gasteiger partial charge in [0.05, 0.1) is 38.4 Å². The number of allylic oxidation sites excluding steroid dienone is 7. The summed E-state index contributed by atoms with van der Waals surface area (Å²) in [6, 6.07) is 14.0. The second kappa shape index (κ2) is 12.5. The Morgan fingerprint density at radius 3 is 2.04 bits per heavy atom. The molecule has 1 N–H and O–H groups in total. The highest BCUT2D eigenvalue weighted by molar-refractivity contribution is 6.23. The fourth-order valence-electron chi connectivity index (χ4n) is 5.10. The Morgan fingerprint density at radius 2 is 1.45 bits per heavy atom. The average molecular weight is 637 g/mol. The summed E-state index contributed by atoms with van der Waals surface area (Å²) in [5.41, 5.74) is 2.13. The maximum atomic E-state index is 13.4. The molecule has 2 aliphatic rings. The SMILES string of the molecule is COc1ccc(-c2cc(C=C3C(=O)C(C=C4C=C(c5ccc(OC)c(OC)c5)OC(C(C)(C)C)=C4)=C3[O-])cc(C(C)(C)C)[o+]2)cc1O. The maximum Gasteiger partial charge on any atom is 0.360 e. The molecule has 0 atom stereocenters. The van der Waals surface area contributed by atoms with E-state index in [1.54, 1.807) is 62.8 Å². The van der Waals surface area contributed by atoms with Gasteiger partial charge in [-0.05, 0) is 86.5 Å². The van der Waals surface area contributed by atoms with Crippen LogP contribution in [0.15, 0.2) is 99.4 Å². The molecule has 3 aromatic rings. The first kappa shape index (κ1) is 33.1. The molecule has 5 rings (SSSR count). The number of ketones is 1. The topological polar surface area (TPSA) is 109 Å². The van der Waals surface area contributed by atoms with Crippen molar-refractivity contribution < 1.29 is 38.4 Å². The number of benzene rings is 2. The largest absolute Gasteiger partial charge is 0.871 e. The van der Waals surface area contributed by atoms with Gasteiger partial charge in [-0.15, -0.1) is 0 Å². The number of methoxy groups -OCH3 is 3. The number of ether oxygens (including phenoxy) is 4. The molecule has 0 saturated carbocycles. The fraction of sp³-hybridized carbons (Fsp3) is 0.282. The zero-order chi connectivity index (χ0) is 34.3. The predicted octanol–water partition coefficient (Wildman–Crippen LogP) is 7.76. The van der Waals surface area contributed by atoms with E-state index in [4.69, 9.17) is 23.4 Å². The zero-order valence-electron chi connectivity index (χ0n) is 28.2. The summed E-state index contributed by atoms with van der Waals surface area (Å²) in [6.07, 6.45) is 6.86. The fourth-order valence-corrected chi connectivity index (χ4v) is 5.10. The highest BCUT2D eigenvalue weighted by Crippen LogP contribution is 2.40. The summed E-state index contributed by atoms with van der Waals surface area (Å²) in [4.78, 5) is 13.4. The number of carbonyl (C=O) groups excluding carboxylic acids is 1. The van der Waals surface area contributed by atoms with Crippen molar-refractivity contribution in [2.24, 2.45) is 5.41 Å². The molecule has 1 aliphatic carbocycles. The van der Waals surface area contributed by atoms with Crippen LogP contribution in [0.2, 0.25) is 0 Å². The molecule has 0 unspecified atom stereocenters. The highest BCUT2D eigenvalue weighted by Gasteiger charge is 2.32. The Labute approximate surface area is 275 Å². The number of rotatable bonds is 7. The first-order valence-corrected chi connectivity index (χ1v) is 15.2. The van der Waals surface area contributed by atoms with E-state index in [1.165, 1.54) is 7.11 Å². The molecule has 0 amide bonds. The first-order valence-electron chi connectivity index (χ1n) is 15.2. The molecule has 8 heteroatoms. The normalized spacial score (nSPS) is 16.8. The lowest BCUT2D eigenvalue weighted by Gasteiger charge is -2.30. The van der Waals surface area contributed by atoms with E-state index in [0.717, 1.165) is 5.56 Å². The molecule has 0 bridgehead atoms. The number of aromatic hydroxyl groups is 1. The Bertz CT molecular complexity index is 1910. The summed E-state index contributed by atoms with van der Waals surface area (Å²) < 4.78 is 28.5. The minimum absolute atomic E-state index is 0.0296. The minimum Gasteiger partial charge on any atom is -0.871 e. The molecule has 2 aromatic carbocycles. The Morgan fingerprint density at radius 1 is 0.787 bits per heavy atom. The van der Waals surface area contributed by atoms with Gasteiger partial charge in [0.2, 0.25) is 0 Å². The molecular weight excluding hydrogens is 596 g/mol. The summed E-state index contributed by atoms with van der Waals surface area (Å²) in [6.45, 7) is 12.1. The number of hydrogen-bond donors (Lipinski definition) is 1. The number of carbonyl (C=O) groups is 1. The Kier molecular flexibility index (Phi) is 8.82. The van der Waals surface area contributed by atoms with E-state index in [2.05, 4.69) is 0 Å². The van der Waals surface area contributed by atoms with Crippen molar-refractivity contribution in [2.75, 3.05) is 21.3 Å². The van der Waals surface area contributed by atoms with Crippen LogP contribution in [0, 0.1) is 5.41 Å². The summed E-state index contributed by atoms with van der Waals surface area (Å²) >= 11 is 0. The summed E-state index contributed by atoms with van der Waals surface area (Å²) in [5, 5.41) is 23.8. The molecule has 0 saturated heterocycles. The third-order valence-corrected chi connectivity index (χ3v) is 7.84. The molecule has 0 radical (unpaired) electrons. The lowest BCUT2D eigenvalue weighted by Crippen LogP contribution is -2.29. The molecule has 2 heterocycles. The smallest absolute Gasteiger partial charge is 0.360 e. The van der Waals surface area contributed by atoms with E-state index in [1.807, 2.05) is 65.8 Å². The van der Waals surface area contributed by atoms with E-state index < -0.39 is 0 Å². The quantitative estimate of drug-likeness (QED) is 0.207. The van der Waals surface area contributed by atoms with E-state index in [9.17, 15) is 15.0 Å². The van der Waals surface area contributed by atoms with Crippen molar-refractivity contribution in [3.05, 3.63) is 112 Å². The van der Waals surface area contributed by atoms with Crippen LogP contribution in [0.5, 0.6) is 23.0 Å². The van der Waals surface area contributed by atoms with Crippen LogP contribution in [0.4, 0.5) is 0 Å². The van der Waals surface area contributed by atoms with Gasteiger partial charge in [-0.1, -0.05) is 26.5 Å². The molecular formula is C39H40O8. The van der Waals surface area contributed by atoms with Crippen molar-refractivity contribution in [2.45, 2.75) is 47.0 Å². The van der Waals surface area contributed by atoms with E-state index in [0.29, 0.717) is 57.0 Å². The average Bonchev–Trinajstić information content (AvgIpc) is 3.04. The van der Waals surface area contributed by atoms with Crippen LogP contribution in [-0.2, 0) is 14.9 Å². The van der Waals surface area contributed by atoms with Crippen molar-refractivity contribution >= 4 is 17.6 Å². The van der Waals surface area contributed by atoms with Gasteiger partial charge >= 0.3 is 11.5 Å². The summed E-state index contributed by atoms with van der Waals surface area (Å²) in [7, 11) is 4.62. The first-order chi connectivity index (χ1) is 22.1. The second-order valence-corrected chi connectivity index (χ2v) is 13.5. The van der Waals surface area contributed by atoms with E-state index >= 15 is 0 Å². The Hall–Kier alpha value is -5.24. The van der Waals surface area contributed by atoms with Crippen LogP contribution in [0.25, 0.3) is 23.2 Å². The number of phenols is 1. The Balaban J connectivity index is 1.55. The van der Waals surface area contributed by atoms with Gasteiger partial charge in [-0.25, -0.2) is 4.42 Å². The zero-order valence-corrected chi connectivity index (χ0v) is 28.2. The predicted molar refractivity (Wildman–Crippen MR) is 180 cm³/mol. The lowest BCUT2D eigenvalue weighted by molar-refractivity contribution is -0.300. The molecule has 8 nitrogen and oxygen atoms in total. The lowest BCUT2D eigenvalue weighted by atomic mass is 9.84. The van der Waals surface area contributed by atoms with Gasteiger partial charge in [-0.3, -0.25) is 4.79 Å². The molecule has 47 heavy (non-hydrogen) atoms. The number of phenolic OH excluding ortho intramolecular Hbond substituents is 1. The molecule has 0 fully saturated rings. The third-order valence-electron chi connectivity index (χ3n) is 7.84. The van der Waals surface area contributed by atoms with Crippen molar-refractivity contribution in [1.29, 1.82) is 0 Å². The minimum atomic E-state index is -0.370. The van der Waals surface area contributed by atoms with Gasteiger partial charge in [0.25, 0.3) is 0 Å². The van der Waals surface area contributed by atoms with Gasteiger partial charge in [0.1, 0.15) is 11.5 Å². The van der Waals surface area contributed by atoms with Crippen LogP contribution in [0.1, 0.15) is 58.4 Å². The standard InChI is InChI=1S/C39H40O8/c1-38(2,3)34-18-22(16-31(46-34)24-10-12-29(43-7)28(40)20-24)14-26-36(41)27(37(26)42)15-23-17-32(47-35(19-23)39(4,5)6)25-11-13-30(44-8)33(21-25)45-9/h10-21H,1-9H3,(H-,40,41,42). The van der Waals surface area contributed by atoms with Crippen molar-refractivity contribution in [3.63, 3.8) is 0 Å². The van der Waals surface area contributed by atoms with Crippen molar-refractivity contribution in [1.82, 2.24) is 0 Å². The van der Waals surface area contributed by atoms with E-state index in [-0.39, 0.29) is 39.3 Å². The van der Waals surface area contributed by atoms with Gasteiger partial charge in [0, 0.05) is 34.3 Å². The van der Waals surface area contributed by atoms with Crippen LogP contribution in [-0.4, -0.2) is 32.2 Å². The third kappa shape index (κ3) is 6.82. The second-order valence-electron chi connectivity index (χ2n) is 13.5. The maximum absolute atomic E-state index is 13.4. The number of Topliss-reactive ketones (excluding diaryl/α,β-unsaturated/α-hetero) is 1. The highest BCUT2D eigenvalue weighted by atomic mass is 16.5. The van der Waals surface area contributed by atoms with Gasteiger partial charge in [0.15, 0.2) is 28.8 Å². The van der Waals surface area contributed by atoms with Crippen LogP contribution in [0.3, 0.4) is 0 Å². The monoisotopic (exact) mass is 636 g/mol. The molecule has 1 aliphatic heterocycles. The molecule has 0 spiro atoms. The molecule has 1 aromatic heterocycles.